The quantitative estimate of drug-likeness (QED) is 0.301. The molecule has 0 spiro atoms. The number of esters is 1. The van der Waals surface area contributed by atoms with Crippen LogP contribution in [0.25, 0.3) is 0 Å². The highest BCUT2D eigenvalue weighted by Gasteiger charge is 2.14. The van der Waals surface area contributed by atoms with Crippen molar-refractivity contribution in [3.8, 4) is 0 Å². The van der Waals surface area contributed by atoms with Crippen LogP contribution in [0.4, 0.5) is 0 Å². The highest BCUT2D eigenvalue weighted by atomic mass is 32.1. The van der Waals surface area contributed by atoms with Gasteiger partial charge in [0, 0.05) is 6.21 Å². The Morgan fingerprint density at radius 2 is 2.36 bits per heavy atom. The third-order valence-electron chi connectivity index (χ3n) is 1.46. The fourth-order valence-electron chi connectivity index (χ4n) is 0.773. The largest absolute Gasteiger partial charge is 0.465 e. The number of hydrogen-bond donors (Lipinski definition) is 2. The molecule has 0 aliphatic heterocycles. The van der Waals surface area contributed by atoms with E-state index in [0.717, 1.165) is 0 Å². The van der Waals surface area contributed by atoms with Crippen LogP contribution < -0.4 is 11.2 Å². The van der Waals surface area contributed by atoms with Crippen molar-refractivity contribution in [1.29, 1.82) is 0 Å². The first-order valence-electron chi connectivity index (χ1n) is 4.37. The van der Waals surface area contributed by atoms with Crippen molar-refractivity contribution in [2.75, 3.05) is 6.61 Å². The first-order chi connectivity index (χ1) is 6.61. The highest BCUT2D eigenvalue weighted by molar-refractivity contribution is 7.80. The lowest BCUT2D eigenvalue weighted by Crippen LogP contribution is -2.26. The Labute approximate surface area is 88.7 Å². The summed E-state index contributed by atoms with van der Waals surface area (Å²) in [4.78, 5) is 11.2. The molecule has 3 N–H and O–H groups in total. The van der Waals surface area contributed by atoms with E-state index in [4.69, 9.17) is 10.5 Å². The molecule has 14 heavy (non-hydrogen) atoms. The second-order valence-corrected chi connectivity index (χ2v) is 2.96. The Bertz CT molecular complexity index is 231. The lowest BCUT2D eigenvalue weighted by molar-refractivity contribution is -0.145. The number of ether oxygens (including phenoxy) is 1. The second kappa shape index (κ2) is 7.25. The van der Waals surface area contributed by atoms with E-state index in [0.29, 0.717) is 13.0 Å². The van der Waals surface area contributed by atoms with E-state index in [9.17, 15) is 4.79 Å². The molecule has 0 amide bonds. The maximum Gasteiger partial charge on any atom is 0.314 e. The Morgan fingerprint density at radius 3 is 2.79 bits per heavy atom. The molecule has 0 bridgehead atoms. The van der Waals surface area contributed by atoms with Crippen molar-refractivity contribution in [1.82, 2.24) is 5.43 Å². The number of nitrogens with one attached hydrogen (secondary N) is 1. The number of hydrazone groups is 1. The second-order valence-electron chi connectivity index (χ2n) is 2.52. The Kier molecular flexibility index (Phi) is 6.65. The minimum absolute atomic E-state index is 0.0694. The summed E-state index contributed by atoms with van der Waals surface area (Å²) in [6, 6.07) is 0. The Morgan fingerprint density at radius 1 is 1.71 bits per heavy atom. The van der Waals surface area contributed by atoms with Gasteiger partial charge in [0.2, 0.25) is 0 Å². The zero-order valence-corrected chi connectivity index (χ0v) is 9.13. The third kappa shape index (κ3) is 5.47. The monoisotopic (exact) mass is 217 g/mol. The lowest BCUT2D eigenvalue weighted by Gasteiger charge is -2.07. The summed E-state index contributed by atoms with van der Waals surface area (Å²) in [5.41, 5.74) is 7.52. The van der Waals surface area contributed by atoms with Crippen LogP contribution in [0.3, 0.4) is 0 Å². The molecule has 0 saturated heterocycles. The predicted octanol–water partition coefficient (Wildman–Crippen LogP) is 0.395. The molecule has 0 aromatic rings. The number of nitrogens with two attached hydrogens (primary N) is 1. The van der Waals surface area contributed by atoms with Crippen LogP contribution in [-0.4, -0.2) is 23.9 Å². The highest BCUT2D eigenvalue weighted by Crippen LogP contribution is 2.01. The molecule has 0 aliphatic carbocycles. The molecule has 1 unspecified atom stereocenters. The SMILES string of the molecule is CCOC(=O)C(C=NNC(N)=S)CC. The Balaban J connectivity index is 4.07. The molecule has 0 fully saturated rings. The summed E-state index contributed by atoms with van der Waals surface area (Å²) in [5.74, 6) is -0.639. The molecular formula is C8H15N3O2S. The molecule has 1 atom stereocenters. The maximum absolute atomic E-state index is 11.2. The number of hydrogen-bond acceptors (Lipinski definition) is 4. The van der Waals surface area contributed by atoms with Gasteiger partial charge in [-0.15, -0.1) is 0 Å². The number of carbonyl (C=O) groups is 1. The number of nitrogens with zero attached hydrogens (tertiary/aromatic N) is 1. The fraction of sp³-hybridized carbons (Fsp3) is 0.625. The third-order valence-corrected chi connectivity index (χ3v) is 1.55. The summed E-state index contributed by atoms with van der Waals surface area (Å²) in [6.07, 6.45) is 2.07. The van der Waals surface area contributed by atoms with Crippen LogP contribution in [0.1, 0.15) is 20.3 Å². The number of thiocarbonyl (C=S) groups is 1. The minimum atomic E-state index is -0.350. The average molecular weight is 217 g/mol. The van der Waals surface area contributed by atoms with Crippen LogP contribution in [0, 0.1) is 5.92 Å². The van der Waals surface area contributed by atoms with Crippen molar-refractivity contribution >= 4 is 29.5 Å². The van der Waals surface area contributed by atoms with Crippen molar-refractivity contribution < 1.29 is 9.53 Å². The van der Waals surface area contributed by atoms with Gasteiger partial charge in [0.05, 0.1) is 12.5 Å². The molecule has 5 nitrogen and oxygen atoms in total. The molecular weight excluding hydrogens is 202 g/mol. The van der Waals surface area contributed by atoms with Crippen LogP contribution in [-0.2, 0) is 9.53 Å². The summed E-state index contributed by atoms with van der Waals surface area (Å²) < 4.78 is 4.83. The average Bonchev–Trinajstić information content (AvgIpc) is 2.12. The molecule has 0 aromatic carbocycles. The number of carbonyl (C=O) groups excluding carboxylic acids is 1. The van der Waals surface area contributed by atoms with Gasteiger partial charge in [-0.25, -0.2) is 0 Å². The van der Waals surface area contributed by atoms with Gasteiger partial charge in [-0.1, -0.05) is 6.92 Å². The van der Waals surface area contributed by atoms with Crippen LogP contribution in [0.15, 0.2) is 5.10 Å². The summed E-state index contributed by atoms with van der Waals surface area (Å²) in [7, 11) is 0. The van der Waals surface area contributed by atoms with E-state index >= 15 is 0 Å². The maximum atomic E-state index is 11.2. The van der Waals surface area contributed by atoms with Crippen LogP contribution in [0.2, 0.25) is 0 Å². The standard InChI is InChI=1S/C8H15N3O2S/c1-3-6(7(12)13-4-2)5-10-11-8(9)14/h5-6H,3-4H2,1-2H3,(H3,9,11,14). The van der Waals surface area contributed by atoms with E-state index in [1.807, 2.05) is 6.92 Å². The molecule has 0 radical (unpaired) electrons. The van der Waals surface area contributed by atoms with Gasteiger partial charge in [0.15, 0.2) is 5.11 Å². The molecule has 80 valence electrons. The molecule has 6 heteroatoms. The summed E-state index contributed by atoms with van der Waals surface area (Å²) in [6.45, 7) is 4.00. The fourth-order valence-corrected chi connectivity index (χ4v) is 0.826. The van der Waals surface area contributed by atoms with Crippen LogP contribution >= 0.6 is 12.2 Å². The van der Waals surface area contributed by atoms with Gasteiger partial charge in [0.1, 0.15) is 0 Å². The van der Waals surface area contributed by atoms with Gasteiger partial charge in [0.25, 0.3) is 0 Å². The predicted molar refractivity (Wildman–Crippen MR) is 58.8 cm³/mol. The molecule has 0 saturated carbocycles. The summed E-state index contributed by atoms with van der Waals surface area (Å²) in [5, 5.41) is 3.77. The van der Waals surface area contributed by atoms with Gasteiger partial charge in [-0.05, 0) is 25.6 Å². The smallest absolute Gasteiger partial charge is 0.314 e. The van der Waals surface area contributed by atoms with Crippen LogP contribution in [0.5, 0.6) is 0 Å². The Hall–Kier alpha value is -1.17. The number of rotatable bonds is 5. The van der Waals surface area contributed by atoms with Gasteiger partial charge >= 0.3 is 5.97 Å². The van der Waals surface area contributed by atoms with E-state index in [2.05, 4.69) is 22.7 Å². The normalized spacial score (nSPS) is 12.4. The summed E-state index contributed by atoms with van der Waals surface area (Å²) >= 11 is 4.54. The molecule has 0 aliphatic rings. The topological polar surface area (TPSA) is 76.7 Å². The molecule has 0 heterocycles. The van der Waals surface area contributed by atoms with Crippen molar-refractivity contribution in [2.24, 2.45) is 16.8 Å². The van der Waals surface area contributed by atoms with Gasteiger partial charge in [-0.2, -0.15) is 5.10 Å². The lowest BCUT2D eigenvalue weighted by atomic mass is 10.1. The van der Waals surface area contributed by atoms with Crippen molar-refractivity contribution in [2.45, 2.75) is 20.3 Å². The minimum Gasteiger partial charge on any atom is -0.465 e. The van der Waals surface area contributed by atoms with Crippen molar-refractivity contribution in [3.05, 3.63) is 0 Å². The van der Waals surface area contributed by atoms with E-state index in [1.54, 1.807) is 6.92 Å². The van der Waals surface area contributed by atoms with Crippen molar-refractivity contribution in [3.63, 3.8) is 0 Å². The van der Waals surface area contributed by atoms with E-state index in [1.165, 1.54) is 6.21 Å². The zero-order valence-electron chi connectivity index (χ0n) is 8.32. The molecule has 0 aromatic heterocycles. The molecule has 0 rings (SSSR count). The van der Waals surface area contributed by atoms with Gasteiger partial charge in [-0.3, -0.25) is 10.2 Å². The van der Waals surface area contributed by atoms with E-state index in [-0.39, 0.29) is 17.0 Å². The zero-order chi connectivity index (χ0) is 11.0. The van der Waals surface area contributed by atoms with Gasteiger partial charge < -0.3 is 10.5 Å². The van der Waals surface area contributed by atoms with E-state index < -0.39 is 0 Å². The first kappa shape index (κ1) is 12.8. The first-order valence-corrected chi connectivity index (χ1v) is 4.77.